The average Bonchev–Trinajstić information content (AvgIpc) is 2.65. The SMILES string of the molecule is COc1cc(OC)c(C(=O)/C=C/c2cccc(NC(=O)C(F)(F)F)c2)cc1Cl. The van der Waals surface area contributed by atoms with Gasteiger partial charge in [-0.1, -0.05) is 29.8 Å². The number of nitrogens with one attached hydrogen (secondary N) is 1. The van der Waals surface area contributed by atoms with Crippen LogP contribution in [0.2, 0.25) is 5.02 Å². The minimum Gasteiger partial charge on any atom is -0.496 e. The number of amides is 1. The molecule has 0 aliphatic carbocycles. The third kappa shape index (κ3) is 5.26. The number of hydrogen-bond donors (Lipinski definition) is 1. The number of methoxy groups -OCH3 is 2. The molecule has 0 unspecified atom stereocenters. The molecule has 0 atom stereocenters. The van der Waals surface area contributed by atoms with Gasteiger partial charge in [0.2, 0.25) is 0 Å². The molecule has 0 radical (unpaired) electrons. The van der Waals surface area contributed by atoms with E-state index in [9.17, 15) is 22.8 Å². The van der Waals surface area contributed by atoms with Crippen LogP contribution in [0.5, 0.6) is 11.5 Å². The van der Waals surface area contributed by atoms with Crippen molar-refractivity contribution in [2.45, 2.75) is 6.18 Å². The van der Waals surface area contributed by atoms with E-state index in [0.717, 1.165) is 0 Å². The van der Waals surface area contributed by atoms with Gasteiger partial charge in [0.05, 0.1) is 24.8 Å². The highest BCUT2D eigenvalue weighted by atomic mass is 35.5. The van der Waals surface area contributed by atoms with Crippen molar-refractivity contribution < 1.29 is 32.2 Å². The summed E-state index contributed by atoms with van der Waals surface area (Å²) in [5.41, 5.74) is 0.542. The third-order valence-electron chi connectivity index (χ3n) is 3.57. The number of rotatable bonds is 6. The largest absolute Gasteiger partial charge is 0.496 e. The minimum absolute atomic E-state index is 0.0537. The van der Waals surface area contributed by atoms with Crippen molar-refractivity contribution in [3.05, 3.63) is 58.6 Å². The second-order valence-corrected chi connectivity index (χ2v) is 5.87. The van der Waals surface area contributed by atoms with Crippen LogP contribution in [0.3, 0.4) is 0 Å². The fraction of sp³-hybridized carbons (Fsp3) is 0.158. The molecule has 1 amide bonds. The van der Waals surface area contributed by atoms with Crippen LogP contribution in [0, 0.1) is 0 Å². The van der Waals surface area contributed by atoms with Crippen molar-refractivity contribution in [2.75, 3.05) is 19.5 Å². The third-order valence-corrected chi connectivity index (χ3v) is 3.86. The van der Waals surface area contributed by atoms with Crippen molar-refractivity contribution in [3.8, 4) is 11.5 Å². The Kier molecular flexibility index (Phi) is 6.69. The lowest BCUT2D eigenvalue weighted by Gasteiger charge is -2.10. The first kappa shape index (κ1) is 21.3. The zero-order valence-corrected chi connectivity index (χ0v) is 15.5. The number of halogens is 4. The fourth-order valence-corrected chi connectivity index (χ4v) is 2.48. The van der Waals surface area contributed by atoms with Crippen LogP contribution in [0.1, 0.15) is 15.9 Å². The number of alkyl halides is 3. The van der Waals surface area contributed by atoms with Gasteiger partial charge in [0.25, 0.3) is 0 Å². The molecule has 0 saturated carbocycles. The van der Waals surface area contributed by atoms with E-state index in [1.54, 1.807) is 11.4 Å². The summed E-state index contributed by atoms with van der Waals surface area (Å²) in [6.07, 6.45) is -2.39. The number of allylic oxidation sites excluding steroid dienone is 1. The van der Waals surface area contributed by atoms with Gasteiger partial charge in [0.1, 0.15) is 11.5 Å². The number of anilines is 1. The van der Waals surface area contributed by atoms with E-state index in [4.69, 9.17) is 21.1 Å². The van der Waals surface area contributed by atoms with Crippen LogP contribution in [0.25, 0.3) is 6.08 Å². The summed E-state index contributed by atoms with van der Waals surface area (Å²) in [6, 6.07) is 8.47. The van der Waals surface area contributed by atoms with Gasteiger partial charge in [-0.15, -0.1) is 0 Å². The molecule has 9 heteroatoms. The fourth-order valence-electron chi connectivity index (χ4n) is 2.24. The van der Waals surface area contributed by atoms with Crippen LogP contribution >= 0.6 is 11.6 Å². The summed E-state index contributed by atoms with van der Waals surface area (Å²) in [5.74, 6) is -1.93. The summed E-state index contributed by atoms with van der Waals surface area (Å²) in [4.78, 5) is 23.5. The van der Waals surface area contributed by atoms with Crippen LogP contribution in [0.4, 0.5) is 18.9 Å². The molecule has 5 nitrogen and oxygen atoms in total. The van der Waals surface area contributed by atoms with Crippen molar-refractivity contribution in [3.63, 3.8) is 0 Å². The van der Waals surface area contributed by atoms with Crippen LogP contribution in [-0.4, -0.2) is 32.1 Å². The van der Waals surface area contributed by atoms with Crippen molar-refractivity contribution in [1.29, 1.82) is 0 Å². The molecule has 1 N–H and O–H groups in total. The van der Waals surface area contributed by atoms with Gasteiger partial charge in [-0.05, 0) is 29.8 Å². The lowest BCUT2D eigenvalue weighted by atomic mass is 10.1. The normalized spacial score (nSPS) is 11.4. The van der Waals surface area contributed by atoms with Gasteiger partial charge < -0.3 is 14.8 Å². The predicted molar refractivity (Wildman–Crippen MR) is 99.0 cm³/mol. The molecule has 148 valence electrons. The van der Waals surface area contributed by atoms with E-state index in [-0.39, 0.29) is 22.0 Å². The number of carbonyl (C=O) groups is 2. The minimum atomic E-state index is -4.99. The van der Waals surface area contributed by atoms with Gasteiger partial charge in [-0.25, -0.2) is 0 Å². The lowest BCUT2D eigenvalue weighted by Crippen LogP contribution is -2.29. The Balaban J connectivity index is 2.22. The molecule has 2 aromatic carbocycles. The van der Waals surface area contributed by atoms with E-state index in [0.29, 0.717) is 11.3 Å². The van der Waals surface area contributed by atoms with Crippen LogP contribution in [0.15, 0.2) is 42.5 Å². The summed E-state index contributed by atoms with van der Waals surface area (Å²) < 4.78 is 47.2. The van der Waals surface area contributed by atoms with Gasteiger partial charge in [-0.2, -0.15) is 13.2 Å². The monoisotopic (exact) mass is 413 g/mol. The Morgan fingerprint density at radius 1 is 1.07 bits per heavy atom. The molecule has 0 saturated heterocycles. The lowest BCUT2D eigenvalue weighted by molar-refractivity contribution is -0.167. The summed E-state index contributed by atoms with van der Waals surface area (Å²) >= 11 is 6.04. The number of carbonyl (C=O) groups excluding carboxylic acids is 2. The number of hydrogen-bond acceptors (Lipinski definition) is 4. The molecular weight excluding hydrogens is 399 g/mol. The Morgan fingerprint density at radius 2 is 1.75 bits per heavy atom. The van der Waals surface area contributed by atoms with Gasteiger partial charge in [0.15, 0.2) is 5.78 Å². The number of benzene rings is 2. The first-order valence-corrected chi connectivity index (χ1v) is 8.15. The quantitative estimate of drug-likeness (QED) is 0.548. The molecule has 0 aliphatic heterocycles. The summed E-state index contributed by atoms with van der Waals surface area (Å²) in [5, 5.41) is 1.97. The summed E-state index contributed by atoms with van der Waals surface area (Å²) in [7, 11) is 2.81. The first-order chi connectivity index (χ1) is 13.2. The molecular formula is C19H15ClF3NO4. The Hall–Kier alpha value is -3.00. The molecule has 0 fully saturated rings. The van der Waals surface area contributed by atoms with E-state index in [1.165, 1.54) is 56.7 Å². The number of ether oxygens (including phenoxy) is 2. The van der Waals surface area contributed by atoms with Crippen molar-refractivity contribution in [1.82, 2.24) is 0 Å². The van der Waals surface area contributed by atoms with Crippen LogP contribution in [-0.2, 0) is 4.79 Å². The highest BCUT2D eigenvalue weighted by molar-refractivity contribution is 6.32. The van der Waals surface area contributed by atoms with Crippen molar-refractivity contribution >= 4 is 35.1 Å². The Bertz CT molecular complexity index is 926. The molecule has 0 heterocycles. The van der Waals surface area contributed by atoms with E-state index >= 15 is 0 Å². The maximum absolute atomic E-state index is 12.5. The van der Waals surface area contributed by atoms with Gasteiger partial charge >= 0.3 is 12.1 Å². The Morgan fingerprint density at radius 3 is 2.36 bits per heavy atom. The van der Waals surface area contributed by atoms with E-state index in [1.807, 2.05) is 0 Å². The second kappa shape index (κ2) is 8.79. The molecule has 0 spiro atoms. The second-order valence-electron chi connectivity index (χ2n) is 5.46. The van der Waals surface area contributed by atoms with Gasteiger partial charge in [-0.3, -0.25) is 9.59 Å². The standard InChI is InChI=1S/C19H15ClF3NO4/c1-27-16-10-17(28-2)14(20)9-13(16)15(25)7-6-11-4-3-5-12(8-11)24-18(26)19(21,22)23/h3-10H,1-2H3,(H,24,26)/b7-6+. The molecule has 0 bridgehead atoms. The molecule has 0 aromatic heterocycles. The molecule has 0 aliphatic rings. The first-order valence-electron chi connectivity index (χ1n) is 7.78. The highest BCUT2D eigenvalue weighted by Crippen LogP contribution is 2.33. The highest BCUT2D eigenvalue weighted by Gasteiger charge is 2.38. The smallest absolute Gasteiger partial charge is 0.471 e. The average molecular weight is 414 g/mol. The maximum atomic E-state index is 12.5. The summed E-state index contributed by atoms with van der Waals surface area (Å²) in [6.45, 7) is 0. The molecule has 28 heavy (non-hydrogen) atoms. The van der Waals surface area contributed by atoms with Crippen LogP contribution < -0.4 is 14.8 Å². The number of ketones is 1. The van der Waals surface area contributed by atoms with Gasteiger partial charge in [0, 0.05) is 11.8 Å². The zero-order chi connectivity index (χ0) is 20.9. The van der Waals surface area contributed by atoms with E-state index < -0.39 is 17.9 Å². The van der Waals surface area contributed by atoms with Crippen molar-refractivity contribution in [2.24, 2.45) is 0 Å². The maximum Gasteiger partial charge on any atom is 0.471 e. The molecule has 2 aromatic rings. The predicted octanol–water partition coefficient (Wildman–Crippen LogP) is 4.75. The zero-order valence-electron chi connectivity index (χ0n) is 14.8. The topological polar surface area (TPSA) is 64.6 Å². The Labute approximate surface area is 163 Å². The molecule has 2 rings (SSSR count). The van der Waals surface area contributed by atoms with E-state index in [2.05, 4.69) is 0 Å².